The first-order valence-corrected chi connectivity index (χ1v) is 4.74. The number of hydrogen-bond donors (Lipinski definition) is 0. The van der Waals surface area contributed by atoms with Gasteiger partial charge in [0.25, 0.3) is 0 Å². The van der Waals surface area contributed by atoms with E-state index in [1.165, 1.54) is 7.11 Å². The molecular formula is C9H11ClO3. The molecule has 0 aromatic heterocycles. The second kappa shape index (κ2) is 2.71. The minimum Gasteiger partial charge on any atom is -0.469 e. The Labute approximate surface area is 81.4 Å². The highest BCUT2D eigenvalue weighted by Gasteiger charge is 2.61. The fourth-order valence-electron chi connectivity index (χ4n) is 2.65. The lowest BCUT2D eigenvalue weighted by molar-refractivity contribution is -0.146. The van der Waals surface area contributed by atoms with Crippen LogP contribution >= 0.6 is 11.6 Å². The van der Waals surface area contributed by atoms with E-state index in [4.69, 9.17) is 11.6 Å². The van der Waals surface area contributed by atoms with Crippen LogP contribution in [0.5, 0.6) is 0 Å². The van der Waals surface area contributed by atoms with E-state index in [9.17, 15) is 9.59 Å². The normalized spacial score (nSPS) is 41.1. The zero-order chi connectivity index (χ0) is 9.64. The van der Waals surface area contributed by atoms with E-state index in [2.05, 4.69) is 4.74 Å². The molecule has 0 aliphatic heterocycles. The molecule has 0 radical (unpaired) electrons. The topological polar surface area (TPSA) is 43.4 Å². The highest BCUT2D eigenvalue weighted by molar-refractivity contribution is 6.64. The summed E-state index contributed by atoms with van der Waals surface area (Å²) in [7, 11) is 1.38. The molecule has 0 N–H and O–H groups in total. The molecule has 0 spiro atoms. The van der Waals surface area contributed by atoms with E-state index in [0.717, 1.165) is 12.8 Å². The lowest BCUT2D eigenvalue weighted by Crippen LogP contribution is -2.33. The molecule has 72 valence electrons. The van der Waals surface area contributed by atoms with Crippen molar-refractivity contribution in [3.8, 4) is 0 Å². The molecule has 3 rings (SSSR count). The van der Waals surface area contributed by atoms with Gasteiger partial charge in [0.05, 0.1) is 13.0 Å². The van der Waals surface area contributed by atoms with Crippen molar-refractivity contribution >= 4 is 22.8 Å². The van der Waals surface area contributed by atoms with Gasteiger partial charge in [-0.1, -0.05) is 0 Å². The number of rotatable bonds is 2. The summed E-state index contributed by atoms with van der Waals surface area (Å²) >= 11 is 5.49. The van der Waals surface area contributed by atoms with Crippen LogP contribution in [0.25, 0.3) is 0 Å². The van der Waals surface area contributed by atoms with Crippen molar-refractivity contribution in [3.05, 3.63) is 0 Å². The molecule has 2 bridgehead atoms. The highest BCUT2D eigenvalue weighted by atomic mass is 35.5. The lowest BCUT2D eigenvalue weighted by Gasteiger charge is -2.34. The Bertz CT molecular complexity index is 268. The first-order chi connectivity index (χ1) is 6.09. The molecule has 0 aromatic rings. The minimum atomic E-state index is -0.384. The number of carbonyl (C=O) groups excluding carboxylic acids is 2. The molecule has 0 heterocycles. The average molecular weight is 203 g/mol. The largest absolute Gasteiger partial charge is 0.469 e. The predicted molar refractivity (Wildman–Crippen MR) is 46.1 cm³/mol. The monoisotopic (exact) mass is 202 g/mol. The maximum Gasteiger partial charge on any atom is 0.308 e. The molecule has 3 aliphatic carbocycles. The van der Waals surface area contributed by atoms with Crippen LogP contribution in [-0.4, -0.2) is 18.3 Å². The van der Waals surface area contributed by atoms with Crippen molar-refractivity contribution in [2.75, 3.05) is 7.11 Å². The van der Waals surface area contributed by atoms with Gasteiger partial charge in [-0.15, -0.1) is 0 Å². The number of halogens is 1. The van der Waals surface area contributed by atoms with Crippen molar-refractivity contribution in [2.24, 2.45) is 17.3 Å². The van der Waals surface area contributed by atoms with Crippen LogP contribution in [0.4, 0.5) is 0 Å². The third-order valence-electron chi connectivity index (χ3n) is 3.41. The zero-order valence-corrected chi connectivity index (χ0v) is 8.13. The van der Waals surface area contributed by atoms with E-state index >= 15 is 0 Å². The van der Waals surface area contributed by atoms with Gasteiger partial charge in [-0.25, -0.2) is 0 Å². The lowest BCUT2D eigenvalue weighted by atomic mass is 9.70. The molecule has 13 heavy (non-hydrogen) atoms. The van der Waals surface area contributed by atoms with Crippen molar-refractivity contribution in [1.29, 1.82) is 0 Å². The number of ether oxygens (including phenoxy) is 1. The van der Waals surface area contributed by atoms with Gasteiger partial charge in [-0.2, -0.15) is 0 Å². The number of methoxy groups -OCH3 is 1. The number of carbonyl (C=O) groups is 2. The van der Waals surface area contributed by atoms with Crippen molar-refractivity contribution in [2.45, 2.75) is 19.3 Å². The van der Waals surface area contributed by atoms with Gasteiger partial charge in [0.1, 0.15) is 0 Å². The molecule has 3 fully saturated rings. The van der Waals surface area contributed by atoms with Crippen LogP contribution in [0, 0.1) is 17.3 Å². The summed E-state index contributed by atoms with van der Waals surface area (Å²) in [5, 5.41) is -0.282. The van der Waals surface area contributed by atoms with Gasteiger partial charge in [-0.3, -0.25) is 9.59 Å². The summed E-state index contributed by atoms with van der Waals surface area (Å²) in [6, 6.07) is 0. The molecule has 0 amide bonds. The smallest absolute Gasteiger partial charge is 0.308 e. The van der Waals surface area contributed by atoms with Gasteiger partial charge in [0.15, 0.2) is 0 Å². The van der Waals surface area contributed by atoms with Gasteiger partial charge < -0.3 is 4.74 Å². The summed E-state index contributed by atoms with van der Waals surface area (Å²) in [4.78, 5) is 22.3. The first kappa shape index (κ1) is 9.00. The zero-order valence-electron chi connectivity index (χ0n) is 7.38. The van der Waals surface area contributed by atoms with E-state index in [-0.39, 0.29) is 22.5 Å². The van der Waals surface area contributed by atoms with E-state index in [1.54, 1.807) is 0 Å². The van der Waals surface area contributed by atoms with Gasteiger partial charge in [-0.05, 0) is 36.8 Å². The molecule has 4 heteroatoms. The molecule has 1 unspecified atom stereocenters. The van der Waals surface area contributed by atoms with Gasteiger partial charge in [0, 0.05) is 5.41 Å². The maximum atomic E-state index is 11.2. The Kier molecular flexibility index (Phi) is 1.88. The summed E-state index contributed by atoms with van der Waals surface area (Å²) in [5.74, 6) is 0.0464. The van der Waals surface area contributed by atoms with E-state index in [0.29, 0.717) is 12.3 Å². The molecule has 3 aliphatic rings. The standard InChI is InChI=1S/C9H11ClO3/c1-13-7(11)6-4-9(8(10)12)2-5(6)3-9/h5-6H,2-4H2,1H3/t5-,6?,9+. The minimum absolute atomic E-state index is 0.0901. The SMILES string of the molecule is COC(=O)C1C[C@]2(C(=O)Cl)C[C@@H]1C2. The summed E-state index contributed by atoms with van der Waals surface area (Å²) in [6.07, 6.45) is 2.14. The van der Waals surface area contributed by atoms with Crippen LogP contribution in [0.2, 0.25) is 0 Å². The van der Waals surface area contributed by atoms with Crippen LogP contribution < -0.4 is 0 Å². The van der Waals surface area contributed by atoms with E-state index < -0.39 is 0 Å². The van der Waals surface area contributed by atoms with Crippen LogP contribution in [0.15, 0.2) is 0 Å². The summed E-state index contributed by atoms with van der Waals surface area (Å²) in [6.45, 7) is 0. The molecule has 3 nitrogen and oxygen atoms in total. The van der Waals surface area contributed by atoms with Crippen LogP contribution in [0.1, 0.15) is 19.3 Å². The first-order valence-electron chi connectivity index (χ1n) is 4.37. The second-order valence-corrected chi connectivity index (χ2v) is 4.40. The Morgan fingerprint density at radius 1 is 1.38 bits per heavy atom. The quantitative estimate of drug-likeness (QED) is 0.502. The Morgan fingerprint density at radius 2 is 2.00 bits per heavy atom. The Morgan fingerprint density at radius 3 is 2.38 bits per heavy atom. The molecule has 0 aromatic carbocycles. The molecular weight excluding hydrogens is 192 g/mol. The summed E-state index contributed by atoms with van der Waals surface area (Å²) < 4.78 is 4.66. The van der Waals surface area contributed by atoms with Crippen molar-refractivity contribution in [1.82, 2.24) is 0 Å². The second-order valence-electron chi connectivity index (χ2n) is 4.06. The third kappa shape index (κ3) is 1.10. The Balaban J connectivity index is 2.09. The van der Waals surface area contributed by atoms with Crippen LogP contribution in [-0.2, 0) is 14.3 Å². The highest BCUT2D eigenvalue weighted by Crippen LogP contribution is 2.62. The number of esters is 1. The predicted octanol–water partition coefficient (Wildman–Crippen LogP) is 1.34. The molecule has 0 saturated heterocycles. The summed E-state index contributed by atoms with van der Waals surface area (Å²) in [5.41, 5.74) is -0.384. The maximum absolute atomic E-state index is 11.2. The van der Waals surface area contributed by atoms with Crippen molar-refractivity contribution in [3.63, 3.8) is 0 Å². The van der Waals surface area contributed by atoms with Crippen molar-refractivity contribution < 1.29 is 14.3 Å². The van der Waals surface area contributed by atoms with Crippen LogP contribution in [0.3, 0.4) is 0 Å². The number of fused-ring (bicyclic) bond motifs is 1. The van der Waals surface area contributed by atoms with E-state index in [1.807, 2.05) is 0 Å². The van der Waals surface area contributed by atoms with Gasteiger partial charge in [0.2, 0.25) is 5.24 Å². The fraction of sp³-hybridized carbons (Fsp3) is 0.778. The molecule has 1 atom stereocenters. The third-order valence-corrected chi connectivity index (χ3v) is 3.81. The Hall–Kier alpha value is -0.570. The number of hydrogen-bond acceptors (Lipinski definition) is 3. The average Bonchev–Trinajstić information content (AvgIpc) is 2.55. The molecule has 3 saturated carbocycles. The van der Waals surface area contributed by atoms with Gasteiger partial charge >= 0.3 is 5.97 Å². The fourth-order valence-corrected chi connectivity index (χ4v) is 2.88.